The van der Waals surface area contributed by atoms with Gasteiger partial charge in [-0.15, -0.1) is 10.2 Å². The molecular weight excluding hydrogens is 392 g/mol. The van der Waals surface area contributed by atoms with Crippen LogP contribution in [-0.2, 0) is 6.54 Å². The first-order valence-electron chi connectivity index (χ1n) is 10.1. The summed E-state index contributed by atoms with van der Waals surface area (Å²) in [6.45, 7) is 3.55. The van der Waals surface area contributed by atoms with Crippen LogP contribution in [0.25, 0.3) is 33.1 Å². The van der Waals surface area contributed by atoms with E-state index in [1.54, 1.807) is 11.8 Å². The lowest BCUT2D eigenvalue weighted by atomic mass is 10.1. The van der Waals surface area contributed by atoms with Crippen molar-refractivity contribution in [3.05, 3.63) is 72.9 Å². The van der Waals surface area contributed by atoms with E-state index >= 15 is 0 Å². The maximum atomic E-state index is 6.07. The monoisotopic (exact) mass is 414 g/mol. The number of nitrogens with one attached hydrogen (secondary N) is 1. The van der Waals surface area contributed by atoms with Crippen LogP contribution in [0.5, 0.6) is 5.75 Å². The van der Waals surface area contributed by atoms with Gasteiger partial charge in [-0.25, -0.2) is 0 Å². The number of rotatable bonds is 7. The summed E-state index contributed by atoms with van der Waals surface area (Å²) < 4.78 is 8.23. The molecule has 0 aliphatic rings. The van der Waals surface area contributed by atoms with Gasteiger partial charge in [-0.05, 0) is 24.4 Å². The van der Waals surface area contributed by atoms with Crippen molar-refractivity contribution in [3.63, 3.8) is 0 Å². The van der Waals surface area contributed by atoms with Crippen LogP contribution in [0.3, 0.4) is 0 Å². The second-order valence-electron chi connectivity index (χ2n) is 6.97. The minimum absolute atomic E-state index is 0.609. The number of benzene rings is 3. The molecule has 0 aliphatic carbocycles. The SMILES string of the molecule is CCn1c(SCCOc2cccc3ccccc23)nnc1-c1c[nH]c2ccccc12. The molecule has 0 bridgehead atoms. The van der Waals surface area contributed by atoms with Crippen LogP contribution in [0.4, 0.5) is 0 Å². The van der Waals surface area contributed by atoms with Crippen LogP contribution in [0.15, 0.2) is 78.1 Å². The van der Waals surface area contributed by atoms with Gasteiger partial charge >= 0.3 is 0 Å². The first-order chi connectivity index (χ1) is 14.8. The molecule has 0 amide bonds. The summed E-state index contributed by atoms with van der Waals surface area (Å²) in [5.41, 5.74) is 2.19. The molecule has 150 valence electrons. The lowest BCUT2D eigenvalue weighted by Gasteiger charge is -2.10. The number of aromatic amines is 1. The van der Waals surface area contributed by atoms with E-state index in [4.69, 9.17) is 4.74 Å². The lowest BCUT2D eigenvalue weighted by molar-refractivity contribution is 0.348. The third kappa shape index (κ3) is 3.44. The Morgan fingerprint density at radius 1 is 0.933 bits per heavy atom. The average Bonchev–Trinajstić information content (AvgIpc) is 3.40. The molecule has 0 fully saturated rings. The molecule has 0 spiro atoms. The summed E-state index contributed by atoms with van der Waals surface area (Å²) in [6, 6.07) is 22.7. The van der Waals surface area contributed by atoms with E-state index < -0.39 is 0 Å². The normalized spacial score (nSPS) is 11.4. The molecule has 5 nitrogen and oxygen atoms in total. The molecule has 0 aliphatic heterocycles. The van der Waals surface area contributed by atoms with Crippen LogP contribution in [0, 0.1) is 0 Å². The molecule has 2 aromatic heterocycles. The average molecular weight is 415 g/mol. The van der Waals surface area contributed by atoms with Gasteiger partial charge in [-0.2, -0.15) is 0 Å². The highest BCUT2D eigenvalue weighted by Crippen LogP contribution is 2.30. The quantitative estimate of drug-likeness (QED) is 0.271. The van der Waals surface area contributed by atoms with Crippen molar-refractivity contribution in [3.8, 4) is 17.1 Å². The fourth-order valence-electron chi connectivity index (χ4n) is 3.74. The molecule has 0 atom stereocenters. The van der Waals surface area contributed by atoms with Gasteiger partial charge in [0.25, 0.3) is 0 Å². The van der Waals surface area contributed by atoms with E-state index in [1.807, 2.05) is 42.6 Å². The third-order valence-corrected chi connectivity index (χ3v) is 6.12. The zero-order valence-corrected chi connectivity index (χ0v) is 17.5. The number of fused-ring (bicyclic) bond motifs is 2. The van der Waals surface area contributed by atoms with E-state index in [2.05, 4.69) is 57.0 Å². The molecule has 6 heteroatoms. The summed E-state index contributed by atoms with van der Waals surface area (Å²) in [5.74, 6) is 2.62. The number of aromatic nitrogens is 4. The first kappa shape index (κ1) is 18.8. The topological polar surface area (TPSA) is 55.7 Å². The van der Waals surface area contributed by atoms with E-state index in [0.29, 0.717) is 6.61 Å². The van der Waals surface area contributed by atoms with Crippen molar-refractivity contribution in [1.82, 2.24) is 19.7 Å². The maximum Gasteiger partial charge on any atom is 0.191 e. The number of H-pyrrole nitrogens is 1. The van der Waals surface area contributed by atoms with E-state index in [0.717, 1.165) is 50.9 Å². The van der Waals surface area contributed by atoms with Crippen molar-refractivity contribution in [2.24, 2.45) is 0 Å². The van der Waals surface area contributed by atoms with Crippen molar-refractivity contribution < 1.29 is 4.74 Å². The maximum absolute atomic E-state index is 6.07. The number of para-hydroxylation sites is 1. The van der Waals surface area contributed by atoms with Gasteiger partial charge in [0.1, 0.15) is 5.75 Å². The standard InChI is InChI=1S/C24H22N4OS/c1-2-28-23(20-16-25-21-12-6-5-11-19(20)21)26-27-24(28)30-15-14-29-22-13-7-9-17-8-3-4-10-18(17)22/h3-13,16,25H,2,14-15H2,1H3. The third-order valence-electron chi connectivity index (χ3n) is 5.18. The molecule has 2 heterocycles. The fraction of sp³-hybridized carbons (Fsp3) is 0.167. The molecule has 3 aromatic carbocycles. The van der Waals surface area contributed by atoms with Gasteiger partial charge in [0.15, 0.2) is 11.0 Å². The van der Waals surface area contributed by atoms with Crippen molar-refractivity contribution >= 4 is 33.4 Å². The number of hydrogen-bond donors (Lipinski definition) is 1. The predicted octanol–water partition coefficient (Wildman–Crippen LogP) is 5.77. The predicted molar refractivity (Wildman–Crippen MR) is 123 cm³/mol. The second-order valence-corrected chi connectivity index (χ2v) is 8.03. The highest BCUT2D eigenvalue weighted by molar-refractivity contribution is 7.99. The van der Waals surface area contributed by atoms with E-state index in [1.165, 1.54) is 5.39 Å². The fourth-order valence-corrected chi connectivity index (χ4v) is 4.56. The molecule has 1 N–H and O–H groups in total. The number of thioether (sulfide) groups is 1. The van der Waals surface area contributed by atoms with Gasteiger partial charge < -0.3 is 14.3 Å². The summed E-state index contributed by atoms with van der Waals surface area (Å²) in [7, 11) is 0. The van der Waals surface area contributed by atoms with E-state index in [-0.39, 0.29) is 0 Å². The number of hydrogen-bond acceptors (Lipinski definition) is 4. The Hall–Kier alpha value is -3.25. The Balaban J connectivity index is 1.30. The van der Waals surface area contributed by atoms with Crippen LogP contribution in [0.2, 0.25) is 0 Å². The molecular formula is C24H22N4OS. The van der Waals surface area contributed by atoms with Crippen LogP contribution >= 0.6 is 11.8 Å². The minimum Gasteiger partial charge on any atom is -0.492 e. The number of nitrogens with zero attached hydrogens (tertiary/aromatic N) is 3. The van der Waals surface area contributed by atoms with Crippen molar-refractivity contribution in [2.45, 2.75) is 18.6 Å². The molecule has 30 heavy (non-hydrogen) atoms. The highest BCUT2D eigenvalue weighted by Gasteiger charge is 2.16. The summed E-state index contributed by atoms with van der Waals surface area (Å²) >= 11 is 1.67. The van der Waals surface area contributed by atoms with Gasteiger partial charge in [0.2, 0.25) is 0 Å². The zero-order chi connectivity index (χ0) is 20.3. The van der Waals surface area contributed by atoms with Gasteiger partial charge in [-0.3, -0.25) is 0 Å². The molecule has 0 saturated carbocycles. The smallest absolute Gasteiger partial charge is 0.191 e. The molecule has 5 aromatic rings. The molecule has 0 saturated heterocycles. The summed E-state index contributed by atoms with van der Waals surface area (Å²) in [4.78, 5) is 3.32. The Kier molecular flexibility index (Phi) is 5.15. The Morgan fingerprint density at radius 2 is 1.73 bits per heavy atom. The zero-order valence-electron chi connectivity index (χ0n) is 16.7. The second kappa shape index (κ2) is 8.24. The van der Waals surface area contributed by atoms with Gasteiger partial charge in [-0.1, -0.05) is 66.4 Å². The Bertz CT molecular complexity index is 1300. The Labute approximate surface area is 179 Å². The van der Waals surface area contributed by atoms with E-state index in [9.17, 15) is 0 Å². The van der Waals surface area contributed by atoms with Crippen LogP contribution in [-0.4, -0.2) is 32.1 Å². The minimum atomic E-state index is 0.609. The first-order valence-corrected chi connectivity index (χ1v) is 11.1. The highest BCUT2D eigenvalue weighted by atomic mass is 32.2. The largest absolute Gasteiger partial charge is 0.492 e. The van der Waals surface area contributed by atoms with Gasteiger partial charge in [0.05, 0.1) is 6.61 Å². The van der Waals surface area contributed by atoms with Gasteiger partial charge in [0, 0.05) is 40.3 Å². The van der Waals surface area contributed by atoms with Crippen molar-refractivity contribution in [2.75, 3.05) is 12.4 Å². The Morgan fingerprint density at radius 3 is 2.63 bits per heavy atom. The molecule has 0 unspecified atom stereocenters. The molecule has 5 rings (SSSR count). The summed E-state index contributed by atoms with van der Waals surface area (Å²) in [5, 5.41) is 13.4. The van der Waals surface area contributed by atoms with Crippen molar-refractivity contribution in [1.29, 1.82) is 0 Å². The van der Waals surface area contributed by atoms with Crippen LogP contribution < -0.4 is 4.74 Å². The molecule has 0 radical (unpaired) electrons. The van der Waals surface area contributed by atoms with Crippen LogP contribution in [0.1, 0.15) is 6.92 Å². The number of ether oxygens (including phenoxy) is 1. The summed E-state index contributed by atoms with van der Waals surface area (Å²) in [6.07, 6.45) is 2.01. The lowest BCUT2D eigenvalue weighted by Crippen LogP contribution is -2.04.